The molecule has 0 radical (unpaired) electrons. The van der Waals surface area contributed by atoms with E-state index in [1.807, 2.05) is 6.92 Å². The lowest BCUT2D eigenvalue weighted by molar-refractivity contribution is -0.0429. The van der Waals surface area contributed by atoms with Crippen molar-refractivity contribution in [3.63, 3.8) is 0 Å². The summed E-state index contributed by atoms with van der Waals surface area (Å²) in [6.45, 7) is 1.90. The Hall–Kier alpha value is -2.12. The zero-order valence-corrected chi connectivity index (χ0v) is 9.72. The first-order valence-electron chi connectivity index (χ1n) is 5.37. The summed E-state index contributed by atoms with van der Waals surface area (Å²) in [6.07, 6.45) is 6.01. The van der Waals surface area contributed by atoms with Crippen molar-refractivity contribution in [2.75, 3.05) is 5.32 Å². The first kappa shape index (κ1) is 12.3. The van der Waals surface area contributed by atoms with E-state index in [1.54, 1.807) is 18.6 Å². The minimum absolute atomic E-state index is 0.0939. The Morgan fingerprint density at radius 3 is 2.33 bits per heavy atom. The number of hydrogen-bond acceptors (Lipinski definition) is 7. The molecule has 0 unspecified atom stereocenters. The van der Waals surface area contributed by atoms with Gasteiger partial charge in [-0.3, -0.25) is 9.97 Å². The molecule has 7 nitrogen and oxygen atoms in total. The van der Waals surface area contributed by atoms with Crippen molar-refractivity contribution in [2.45, 2.75) is 19.3 Å². The van der Waals surface area contributed by atoms with Gasteiger partial charge >= 0.3 is 0 Å². The second kappa shape index (κ2) is 5.48. The molecule has 0 aliphatic heterocycles. The van der Waals surface area contributed by atoms with Crippen LogP contribution in [0.5, 0.6) is 0 Å². The first-order valence-corrected chi connectivity index (χ1v) is 5.37. The highest BCUT2D eigenvalue weighted by molar-refractivity contribution is 5.28. The number of nitrogens with zero attached hydrogens (tertiary/aromatic N) is 4. The molecule has 0 aromatic carbocycles. The van der Waals surface area contributed by atoms with Crippen molar-refractivity contribution in [2.24, 2.45) is 0 Å². The van der Waals surface area contributed by atoms with Crippen LogP contribution in [0.25, 0.3) is 0 Å². The molecule has 7 heteroatoms. The molecular formula is C11H13N5O2. The van der Waals surface area contributed by atoms with Gasteiger partial charge in [0, 0.05) is 30.4 Å². The van der Waals surface area contributed by atoms with E-state index in [-0.39, 0.29) is 11.6 Å². The monoisotopic (exact) mass is 247 g/mol. The maximum absolute atomic E-state index is 8.91. The van der Waals surface area contributed by atoms with Gasteiger partial charge in [0.25, 0.3) is 0 Å². The molecule has 3 N–H and O–H groups in total. The highest BCUT2D eigenvalue weighted by atomic mass is 16.5. The molecule has 0 bridgehead atoms. The van der Waals surface area contributed by atoms with Crippen LogP contribution in [0.15, 0.2) is 31.0 Å². The fraction of sp³-hybridized carbons (Fsp3) is 0.273. The third-order valence-corrected chi connectivity index (χ3v) is 2.34. The van der Waals surface area contributed by atoms with Gasteiger partial charge in [-0.25, -0.2) is 9.97 Å². The van der Waals surface area contributed by atoms with Crippen LogP contribution in [0.3, 0.4) is 0 Å². The quantitative estimate of drug-likeness (QED) is 0.672. The van der Waals surface area contributed by atoms with Crippen LogP contribution in [-0.2, 0) is 0 Å². The molecule has 0 saturated carbocycles. The number of anilines is 1. The van der Waals surface area contributed by atoms with E-state index in [4.69, 9.17) is 10.2 Å². The number of aliphatic hydroxyl groups is 2. The Morgan fingerprint density at radius 2 is 1.78 bits per heavy atom. The SMILES string of the molecule is C[C@H](Nc1ncc(C(O)O)cn1)c1cnccn1. The summed E-state index contributed by atoms with van der Waals surface area (Å²) in [5.41, 5.74) is 1.01. The van der Waals surface area contributed by atoms with Gasteiger partial charge in [-0.1, -0.05) is 0 Å². The van der Waals surface area contributed by atoms with Crippen LogP contribution in [0.4, 0.5) is 5.95 Å². The molecule has 18 heavy (non-hydrogen) atoms. The molecule has 94 valence electrons. The van der Waals surface area contributed by atoms with E-state index < -0.39 is 6.29 Å². The van der Waals surface area contributed by atoms with Gasteiger partial charge in [0.2, 0.25) is 5.95 Å². The van der Waals surface area contributed by atoms with E-state index >= 15 is 0 Å². The van der Waals surface area contributed by atoms with E-state index in [2.05, 4.69) is 25.3 Å². The summed E-state index contributed by atoms with van der Waals surface area (Å²) < 4.78 is 0. The average molecular weight is 247 g/mol. The molecule has 2 heterocycles. The Labute approximate surface area is 104 Å². The van der Waals surface area contributed by atoms with Crippen LogP contribution in [-0.4, -0.2) is 30.1 Å². The second-order valence-electron chi connectivity index (χ2n) is 3.71. The molecule has 0 aliphatic rings. The highest BCUT2D eigenvalue weighted by Gasteiger charge is 2.09. The van der Waals surface area contributed by atoms with Crippen LogP contribution in [0.2, 0.25) is 0 Å². The fourth-order valence-electron chi connectivity index (χ4n) is 1.35. The molecule has 0 spiro atoms. The lowest BCUT2D eigenvalue weighted by Crippen LogP contribution is -2.11. The first-order chi connectivity index (χ1) is 8.66. The molecule has 0 amide bonds. The topological polar surface area (TPSA) is 104 Å². The largest absolute Gasteiger partial charge is 0.364 e. The van der Waals surface area contributed by atoms with E-state index in [1.165, 1.54) is 12.4 Å². The van der Waals surface area contributed by atoms with Gasteiger partial charge in [0.05, 0.1) is 17.9 Å². The summed E-state index contributed by atoms with van der Waals surface area (Å²) in [4.78, 5) is 16.1. The standard InChI is InChI=1S/C11H13N5O2/c1-7(9-6-12-2-3-13-9)16-11-14-4-8(5-15-11)10(17)18/h2-7,10,17-18H,1H3,(H,14,15,16)/t7-/m0/s1. The Morgan fingerprint density at radius 1 is 1.06 bits per heavy atom. The highest BCUT2D eigenvalue weighted by Crippen LogP contribution is 2.14. The van der Waals surface area contributed by atoms with Crippen molar-refractivity contribution in [1.82, 2.24) is 19.9 Å². The third-order valence-electron chi connectivity index (χ3n) is 2.34. The zero-order chi connectivity index (χ0) is 13.0. The Bertz CT molecular complexity index is 489. The van der Waals surface area contributed by atoms with Crippen molar-refractivity contribution in [3.8, 4) is 0 Å². The van der Waals surface area contributed by atoms with Crippen molar-refractivity contribution in [3.05, 3.63) is 42.2 Å². The lowest BCUT2D eigenvalue weighted by Gasteiger charge is -2.12. The minimum Gasteiger partial charge on any atom is -0.364 e. The number of hydrogen-bond donors (Lipinski definition) is 3. The average Bonchev–Trinajstić information content (AvgIpc) is 2.40. The number of aliphatic hydroxyl groups excluding tert-OH is 1. The van der Waals surface area contributed by atoms with Crippen LogP contribution >= 0.6 is 0 Å². The van der Waals surface area contributed by atoms with E-state index in [0.717, 1.165) is 5.69 Å². The van der Waals surface area contributed by atoms with Crippen molar-refractivity contribution in [1.29, 1.82) is 0 Å². The normalized spacial score (nSPS) is 12.4. The Balaban J connectivity index is 2.05. The maximum atomic E-state index is 8.91. The predicted molar refractivity (Wildman–Crippen MR) is 63.3 cm³/mol. The van der Waals surface area contributed by atoms with E-state index in [9.17, 15) is 0 Å². The van der Waals surface area contributed by atoms with Gasteiger partial charge in [-0.2, -0.15) is 0 Å². The lowest BCUT2D eigenvalue weighted by atomic mass is 10.2. The maximum Gasteiger partial charge on any atom is 0.223 e. The molecular weight excluding hydrogens is 234 g/mol. The van der Waals surface area contributed by atoms with Crippen molar-refractivity contribution >= 4 is 5.95 Å². The summed E-state index contributed by atoms with van der Waals surface area (Å²) in [5, 5.41) is 20.9. The van der Waals surface area contributed by atoms with Gasteiger partial charge < -0.3 is 15.5 Å². The summed E-state index contributed by atoms with van der Waals surface area (Å²) in [5.74, 6) is 0.387. The smallest absolute Gasteiger partial charge is 0.223 e. The molecule has 0 aliphatic carbocycles. The molecule has 2 rings (SSSR count). The van der Waals surface area contributed by atoms with Gasteiger partial charge in [-0.05, 0) is 6.92 Å². The fourth-order valence-corrected chi connectivity index (χ4v) is 1.35. The van der Waals surface area contributed by atoms with E-state index in [0.29, 0.717) is 5.95 Å². The van der Waals surface area contributed by atoms with Gasteiger partial charge in [-0.15, -0.1) is 0 Å². The third kappa shape index (κ3) is 2.96. The summed E-state index contributed by atoms with van der Waals surface area (Å²) in [6, 6.07) is -0.0939. The summed E-state index contributed by atoms with van der Waals surface area (Å²) in [7, 11) is 0. The zero-order valence-electron chi connectivity index (χ0n) is 9.72. The van der Waals surface area contributed by atoms with Gasteiger partial charge in [0.15, 0.2) is 6.29 Å². The molecule has 0 saturated heterocycles. The Kier molecular flexibility index (Phi) is 3.75. The molecule has 0 fully saturated rings. The number of aromatic nitrogens is 4. The second-order valence-corrected chi connectivity index (χ2v) is 3.71. The predicted octanol–water partition coefficient (Wildman–Crippen LogP) is 0.423. The number of rotatable bonds is 4. The summed E-state index contributed by atoms with van der Waals surface area (Å²) >= 11 is 0. The molecule has 1 atom stereocenters. The number of nitrogens with one attached hydrogen (secondary N) is 1. The van der Waals surface area contributed by atoms with Crippen LogP contribution in [0.1, 0.15) is 30.5 Å². The molecule has 2 aromatic heterocycles. The minimum atomic E-state index is -1.56. The van der Waals surface area contributed by atoms with Gasteiger partial charge in [0.1, 0.15) is 0 Å². The van der Waals surface area contributed by atoms with Crippen LogP contribution in [0, 0.1) is 0 Å². The van der Waals surface area contributed by atoms with Crippen molar-refractivity contribution < 1.29 is 10.2 Å². The van der Waals surface area contributed by atoms with Crippen LogP contribution < -0.4 is 5.32 Å². The molecule has 2 aromatic rings.